The standard InChI is InChI=1S/C13H12FNO4S/c14-11-3-1-2-10(8-11)6-7-15-20(17,18)13-5-4-12(9-16)19-13/h1-5,8-9,15H,6-7H2. The molecule has 20 heavy (non-hydrogen) atoms. The van der Waals surface area contributed by atoms with Gasteiger partial charge in [0.1, 0.15) is 5.82 Å². The molecule has 7 heteroatoms. The summed E-state index contributed by atoms with van der Waals surface area (Å²) in [5.41, 5.74) is 0.681. The van der Waals surface area contributed by atoms with E-state index in [1.54, 1.807) is 12.1 Å². The van der Waals surface area contributed by atoms with Gasteiger partial charge < -0.3 is 4.42 Å². The van der Waals surface area contributed by atoms with E-state index < -0.39 is 10.0 Å². The van der Waals surface area contributed by atoms with Crippen molar-refractivity contribution in [2.24, 2.45) is 0 Å². The number of hydrogen-bond donors (Lipinski definition) is 1. The summed E-state index contributed by atoms with van der Waals surface area (Å²) in [5.74, 6) is -0.428. The third-order valence-electron chi connectivity index (χ3n) is 2.58. The smallest absolute Gasteiger partial charge is 0.273 e. The molecule has 2 rings (SSSR count). The van der Waals surface area contributed by atoms with Gasteiger partial charge in [0.05, 0.1) is 0 Å². The number of carbonyl (C=O) groups excluding carboxylic acids is 1. The van der Waals surface area contributed by atoms with E-state index in [2.05, 4.69) is 4.72 Å². The maximum Gasteiger partial charge on any atom is 0.273 e. The SMILES string of the molecule is O=Cc1ccc(S(=O)(=O)NCCc2cccc(F)c2)o1. The first-order valence-corrected chi connectivity index (χ1v) is 7.29. The topological polar surface area (TPSA) is 76.4 Å². The van der Waals surface area contributed by atoms with Gasteiger partial charge in [-0.1, -0.05) is 12.1 Å². The van der Waals surface area contributed by atoms with E-state index in [-0.39, 0.29) is 23.2 Å². The van der Waals surface area contributed by atoms with E-state index in [0.29, 0.717) is 18.3 Å². The highest BCUT2D eigenvalue weighted by Gasteiger charge is 2.17. The number of benzene rings is 1. The summed E-state index contributed by atoms with van der Waals surface area (Å²) in [6.07, 6.45) is 0.768. The Morgan fingerprint density at radius 3 is 2.70 bits per heavy atom. The molecule has 0 aliphatic rings. The van der Waals surface area contributed by atoms with Crippen molar-refractivity contribution in [1.29, 1.82) is 0 Å². The number of sulfonamides is 1. The van der Waals surface area contributed by atoms with E-state index in [1.165, 1.54) is 24.3 Å². The Morgan fingerprint density at radius 2 is 2.05 bits per heavy atom. The van der Waals surface area contributed by atoms with Gasteiger partial charge in [-0.25, -0.2) is 17.5 Å². The zero-order chi connectivity index (χ0) is 14.6. The maximum atomic E-state index is 12.9. The minimum Gasteiger partial charge on any atom is -0.440 e. The summed E-state index contributed by atoms with van der Waals surface area (Å²) in [4.78, 5) is 10.4. The molecule has 0 aliphatic heterocycles. The summed E-state index contributed by atoms with van der Waals surface area (Å²) in [7, 11) is -3.80. The van der Waals surface area contributed by atoms with Crippen LogP contribution in [0.2, 0.25) is 0 Å². The van der Waals surface area contributed by atoms with E-state index in [0.717, 1.165) is 0 Å². The van der Waals surface area contributed by atoms with Crippen LogP contribution in [0.4, 0.5) is 4.39 Å². The Kier molecular flexibility index (Phi) is 4.31. The third kappa shape index (κ3) is 3.52. The van der Waals surface area contributed by atoms with Crippen LogP contribution in [0.15, 0.2) is 45.9 Å². The number of rotatable bonds is 6. The van der Waals surface area contributed by atoms with Gasteiger partial charge in [-0.2, -0.15) is 0 Å². The molecular formula is C13H12FNO4S. The molecule has 1 heterocycles. The Hall–Kier alpha value is -1.99. The molecule has 106 valence electrons. The lowest BCUT2D eigenvalue weighted by atomic mass is 10.1. The molecule has 0 saturated heterocycles. The van der Waals surface area contributed by atoms with Crippen LogP contribution in [-0.4, -0.2) is 21.2 Å². The second-order valence-electron chi connectivity index (χ2n) is 4.05. The highest BCUT2D eigenvalue weighted by Crippen LogP contribution is 2.12. The molecule has 2 aromatic rings. The number of nitrogens with one attached hydrogen (secondary N) is 1. The van der Waals surface area contributed by atoms with Gasteiger partial charge >= 0.3 is 0 Å². The fourth-order valence-corrected chi connectivity index (χ4v) is 2.60. The van der Waals surface area contributed by atoms with Gasteiger partial charge in [0.15, 0.2) is 12.0 Å². The van der Waals surface area contributed by atoms with Crippen LogP contribution in [0, 0.1) is 5.82 Å². The number of furan rings is 1. The lowest BCUT2D eigenvalue weighted by molar-refractivity contribution is 0.109. The molecule has 0 saturated carbocycles. The molecule has 0 radical (unpaired) electrons. The Morgan fingerprint density at radius 1 is 1.25 bits per heavy atom. The van der Waals surface area contributed by atoms with Crippen molar-refractivity contribution >= 4 is 16.3 Å². The number of carbonyl (C=O) groups is 1. The molecule has 0 fully saturated rings. The van der Waals surface area contributed by atoms with Crippen molar-refractivity contribution in [1.82, 2.24) is 4.72 Å². The zero-order valence-electron chi connectivity index (χ0n) is 10.4. The third-order valence-corrected chi connectivity index (χ3v) is 3.91. The first-order valence-electron chi connectivity index (χ1n) is 5.80. The molecule has 0 unspecified atom stereocenters. The summed E-state index contributed by atoms with van der Waals surface area (Å²) in [5, 5.41) is -0.321. The van der Waals surface area contributed by atoms with E-state index in [9.17, 15) is 17.6 Å². The van der Waals surface area contributed by atoms with E-state index >= 15 is 0 Å². The molecular weight excluding hydrogens is 285 g/mol. The number of halogens is 1. The molecule has 0 spiro atoms. The van der Waals surface area contributed by atoms with E-state index in [1.807, 2.05) is 0 Å². The minimum absolute atomic E-state index is 0.0597. The second-order valence-corrected chi connectivity index (χ2v) is 5.75. The minimum atomic E-state index is -3.80. The van der Waals surface area contributed by atoms with Crippen LogP contribution in [0.25, 0.3) is 0 Å². The Balaban J connectivity index is 1.97. The van der Waals surface area contributed by atoms with Crippen molar-refractivity contribution in [3.8, 4) is 0 Å². The summed E-state index contributed by atoms with van der Waals surface area (Å²) < 4.78 is 43.8. The molecule has 0 atom stereocenters. The van der Waals surface area contributed by atoms with Crippen molar-refractivity contribution in [2.45, 2.75) is 11.5 Å². The normalized spacial score (nSPS) is 11.4. The Bertz CT molecular complexity index is 709. The van der Waals surface area contributed by atoms with Crippen LogP contribution in [0.1, 0.15) is 16.1 Å². The highest BCUT2D eigenvalue weighted by atomic mass is 32.2. The number of hydrogen-bond acceptors (Lipinski definition) is 4. The van der Waals surface area contributed by atoms with Gasteiger partial charge in [0.2, 0.25) is 5.09 Å². The van der Waals surface area contributed by atoms with Crippen molar-refractivity contribution in [3.05, 3.63) is 53.5 Å². The number of aldehydes is 1. The average molecular weight is 297 g/mol. The van der Waals surface area contributed by atoms with Gasteiger partial charge in [-0.15, -0.1) is 0 Å². The van der Waals surface area contributed by atoms with Crippen LogP contribution in [-0.2, 0) is 16.4 Å². The summed E-state index contributed by atoms with van der Waals surface area (Å²) in [6, 6.07) is 8.39. The molecule has 1 aromatic heterocycles. The average Bonchev–Trinajstić information content (AvgIpc) is 2.88. The second kappa shape index (κ2) is 5.98. The fourth-order valence-electron chi connectivity index (χ4n) is 1.64. The van der Waals surface area contributed by atoms with Crippen LogP contribution >= 0.6 is 0 Å². The largest absolute Gasteiger partial charge is 0.440 e. The highest BCUT2D eigenvalue weighted by molar-refractivity contribution is 7.89. The summed E-state index contributed by atoms with van der Waals surface area (Å²) >= 11 is 0. The van der Waals surface area contributed by atoms with Crippen molar-refractivity contribution in [3.63, 3.8) is 0 Å². The van der Waals surface area contributed by atoms with Gasteiger partial charge in [-0.3, -0.25) is 4.79 Å². The van der Waals surface area contributed by atoms with Crippen molar-refractivity contribution in [2.75, 3.05) is 6.54 Å². The monoisotopic (exact) mass is 297 g/mol. The molecule has 0 amide bonds. The summed E-state index contributed by atoms with van der Waals surface area (Å²) in [6.45, 7) is 0.100. The van der Waals surface area contributed by atoms with Crippen LogP contribution in [0.3, 0.4) is 0 Å². The lowest BCUT2D eigenvalue weighted by Gasteiger charge is -2.04. The predicted molar refractivity (Wildman–Crippen MR) is 69.4 cm³/mol. The first-order chi connectivity index (χ1) is 9.51. The van der Waals surface area contributed by atoms with Gasteiger partial charge in [0.25, 0.3) is 10.0 Å². The Labute approximate surface area is 115 Å². The molecule has 0 aliphatic carbocycles. The predicted octanol–water partition coefficient (Wildman–Crippen LogP) is 1.75. The van der Waals surface area contributed by atoms with Crippen LogP contribution in [0.5, 0.6) is 0 Å². The molecule has 0 bridgehead atoms. The molecule has 1 N–H and O–H groups in total. The van der Waals surface area contributed by atoms with Crippen LogP contribution < -0.4 is 4.72 Å². The van der Waals surface area contributed by atoms with Gasteiger partial charge in [0, 0.05) is 6.54 Å². The first kappa shape index (κ1) is 14.4. The van der Waals surface area contributed by atoms with E-state index in [4.69, 9.17) is 4.42 Å². The lowest BCUT2D eigenvalue weighted by Crippen LogP contribution is -2.25. The quantitative estimate of drug-likeness (QED) is 0.824. The molecule has 1 aromatic carbocycles. The fraction of sp³-hybridized carbons (Fsp3) is 0.154. The zero-order valence-corrected chi connectivity index (χ0v) is 11.2. The maximum absolute atomic E-state index is 12.9. The molecule has 5 nitrogen and oxygen atoms in total. The van der Waals surface area contributed by atoms with Gasteiger partial charge in [-0.05, 0) is 36.2 Å². The van der Waals surface area contributed by atoms with Crippen molar-refractivity contribution < 1.29 is 22.0 Å².